The van der Waals surface area contributed by atoms with E-state index in [0.717, 1.165) is 10.4 Å². The Morgan fingerprint density at radius 1 is 1.29 bits per heavy atom. The van der Waals surface area contributed by atoms with Gasteiger partial charge in [0.1, 0.15) is 5.65 Å². The van der Waals surface area contributed by atoms with Crippen molar-refractivity contribution in [2.45, 2.75) is 17.9 Å². The number of thiophene rings is 1. The third-order valence-electron chi connectivity index (χ3n) is 3.42. The summed E-state index contributed by atoms with van der Waals surface area (Å²) in [6.45, 7) is 1.93. The molecule has 24 heavy (non-hydrogen) atoms. The molecule has 0 unspecified atom stereocenters. The molecule has 120 valence electrons. The number of hydrogen-bond acceptors (Lipinski definition) is 7. The lowest BCUT2D eigenvalue weighted by molar-refractivity contribution is 0.466. The maximum atomic E-state index is 12.2. The molecular weight excluding hydrogens is 344 g/mol. The molecule has 4 rings (SSSR count). The number of pyridine rings is 1. The highest BCUT2D eigenvalue weighted by Gasteiger charge is 2.11. The molecule has 0 bridgehead atoms. The van der Waals surface area contributed by atoms with E-state index in [-0.39, 0.29) is 5.56 Å². The van der Waals surface area contributed by atoms with E-state index in [1.165, 1.54) is 17.8 Å². The standard InChI is InChI=1S/C16H12N4O2S2/c1-10-4-2-6-20-13(21)8-11(17-14(10)20)9-24-16-19-18-15(22-16)12-5-3-7-23-12/h2-8H,9H2,1H3. The number of hydrogen-bond donors (Lipinski definition) is 0. The molecule has 6 nitrogen and oxygen atoms in total. The average Bonchev–Trinajstić information content (AvgIpc) is 3.25. The zero-order valence-electron chi connectivity index (χ0n) is 12.7. The maximum absolute atomic E-state index is 12.2. The van der Waals surface area contributed by atoms with Crippen molar-refractivity contribution in [2.75, 3.05) is 0 Å². The summed E-state index contributed by atoms with van der Waals surface area (Å²) < 4.78 is 7.18. The SMILES string of the molecule is Cc1cccn2c(=O)cc(CSc3nnc(-c4cccs4)o3)nc12. The van der Waals surface area contributed by atoms with Crippen molar-refractivity contribution in [2.24, 2.45) is 0 Å². The molecule has 0 fully saturated rings. The lowest BCUT2D eigenvalue weighted by atomic mass is 10.3. The van der Waals surface area contributed by atoms with Gasteiger partial charge in [0.05, 0.1) is 10.6 Å². The molecule has 4 aromatic heterocycles. The fourth-order valence-electron chi connectivity index (χ4n) is 2.29. The normalized spacial score (nSPS) is 11.2. The number of aryl methyl sites for hydroxylation is 1. The first-order valence-electron chi connectivity index (χ1n) is 7.19. The van der Waals surface area contributed by atoms with Crippen molar-refractivity contribution in [1.29, 1.82) is 0 Å². The summed E-state index contributed by atoms with van der Waals surface area (Å²) >= 11 is 2.92. The molecule has 0 aliphatic rings. The minimum Gasteiger partial charge on any atom is -0.410 e. The molecule has 0 saturated carbocycles. The zero-order valence-corrected chi connectivity index (χ0v) is 14.3. The zero-order chi connectivity index (χ0) is 16.5. The van der Waals surface area contributed by atoms with Gasteiger partial charge in [0.15, 0.2) is 0 Å². The first-order valence-corrected chi connectivity index (χ1v) is 9.05. The van der Waals surface area contributed by atoms with Crippen LogP contribution in [0, 0.1) is 6.92 Å². The van der Waals surface area contributed by atoms with E-state index in [0.29, 0.717) is 28.2 Å². The third-order valence-corrected chi connectivity index (χ3v) is 5.13. The van der Waals surface area contributed by atoms with Crippen LogP contribution in [0.1, 0.15) is 11.3 Å². The molecule has 0 aliphatic heterocycles. The lowest BCUT2D eigenvalue weighted by Crippen LogP contribution is -2.15. The van der Waals surface area contributed by atoms with Crippen LogP contribution in [-0.2, 0) is 5.75 Å². The van der Waals surface area contributed by atoms with Gasteiger partial charge in [-0.1, -0.05) is 23.9 Å². The Balaban J connectivity index is 1.57. The van der Waals surface area contributed by atoms with Gasteiger partial charge in [-0.3, -0.25) is 9.20 Å². The van der Waals surface area contributed by atoms with E-state index in [4.69, 9.17) is 4.42 Å². The number of fused-ring (bicyclic) bond motifs is 1. The molecule has 0 atom stereocenters. The minimum absolute atomic E-state index is 0.0934. The highest BCUT2D eigenvalue weighted by molar-refractivity contribution is 7.98. The van der Waals surface area contributed by atoms with Crippen molar-refractivity contribution in [1.82, 2.24) is 19.6 Å². The third kappa shape index (κ3) is 2.85. The highest BCUT2D eigenvalue weighted by atomic mass is 32.2. The van der Waals surface area contributed by atoms with Crippen LogP contribution in [0.2, 0.25) is 0 Å². The first kappa shape index (κ1) is 15.1. The van der Waals surface area contributed by atoms with Crippen LogP contribution in [0.5, 0.6) is 0 Å². The number of thioether (sulfide) groups is 1. The monoisotopic (exact) mass is 356 g/mol. The van der Waals surface area contributed by atoms with Crippen molar-refractivity contribution in [3.05, 3.63) is 63.5 Å². The number of aromatic nitrogens is 4. The highest BCUT2D eigenvalue weighted by Crippen LogP contribution is 2.27. The average molecular weight is 356 g/mol. The van der Waals surface area contributed by atoms with Crippen LogP contribution in [0.4, 0.5) is 0 Å². The Morgan fingerprint density at radius 3 is 3.04 bits per heavy atom. The topological polar surface area (TPSA) is 73.3 Å². The summed E-state index contributed by atoms with van der Waals surface area (Å²) in [5, 5.41) is 10.5. The van der Waals surface area contributed by atoms with E-state index in [1.54, 1.807) is 21.9 Å². The van der Waals surface area contributed by atoms with Gasteiger partial charge in [-0.25, -0.2) is 4.98 Å². The fourth-order valence-corrected chi connectivity index (χ4v) is 3.59. The summed E-state index contributed by atoms with van der Waals surface area (Å²) in [4.78, 5) is 17.7. The summed E-state index contributed by atoms with van der Waals surface area (Å²) in [7, 11) is 0. The first-order chi connectivity index (χ1) is 11.7. The molecule has 0 aromatic carbocycles. The summed E-state index contributed by atoms with van der Waals surface area (Å²) in [6, 6.07) is 9.18. The summed E-state index contributed by atoms with van der Waals surface area (Å²) in [5.74, 6) is 1.00. The van der Waals surface area contributed by atoms with Crippen molar-refractivity contribution >= 4 is 28.7 Å². The number of nitrogens with zero attached hydrogens (tertiary/aromatic N) is 4. The van der Waals surface area contributed by atoms with Crippen LogP contribution in [0.25, 0.3) is 16.4 Å². The Bertz CT molecular complexity index is 1050. The second-order valence-electron chi connectivity index (χ2n) is 5.11. The van der Waals surface area contributed by atoms with E-state index in [1.807, 2.05) is 36.6 Å². The lowest BCUT2D eigenvalue weighted by Gasteiger charge is -2.05. The molecule has 8 heteroatoms. The molecule has 0 saturated heterocycles. The van der Waals surface area contributed by atoms with Crippen LogP contribution in [0.3, 0.4) is 0 Å². The van der Waals surface area contributed by atoms with Gasteiger partial charge in [0, 0.05) is 18.0 Å². The molecule has 0 radical (unpaired) electrons. The van der Waals surface area contributed by atoms with Crippen molar-refractivity contribution in [3.8, 4) is 10.8 Å². The van der Waals surface area contributed by atoms with Crippen LogP contribution >= 0.6 is 23.1 Å². The second-order valence-corrected chi connectivity index (χ2v) is 6.98. The minimum atomic E-state index is -0.0934. The predicted octanol–water partition coefficient (Wildman–Crippen LogP) is 3.41. The molecule has 4 aromatic rings. The predicted molar refractivity (Wildman–Crippen MR) is 93.4 cm³/mol. The second kappa shape index (κ2) is 6.21. The molecule has 0 N–H and O–H groups in total. The van der Waals surface area contributed by atoms with Gasteiger partial charge in [0.2, 0.25) is 0 Å². The summed E-state index contributed by atoms with van der Waals surface area (Å²) in [5.41, 5.74) is 2.23. The quantitative estimate of drug-likeness (QED) is 0.522. The Hall–Kier alpha value is -2.45. The smallest absolute Gasteiger partial charge is 0.277 e. The fraction of sp³-hybridized carbons (Fsp3) is 0.125. The van der Waals surface area contributed by atoms with Crippen molar-refractivity contribution < 1.29 is 4.42 Å². The molecule has 0 amide bonds. The van der Waals surface area contributed by atoms with Crippen LogP contribution in [-0.4, -0.2) is 19.6 Å². The largest absolute Gasteiger partial charge is 0.410 e. The van der Waals surface area contributed by atoms with E-state index < -0.39 is 0 Å². The maximum Gasteiger partial charge on any atom is 0.277 e. The van der Waals surface area contributed by atoms with E-state index >= 15 is 0 Å². The Labute approximate surface area is 145 Å². The van der Waals surface area contributed by atoms with Gasteiger partial charge in [0.25, 0.3) is 16.7 Å². The Kier molecular flexibility index (Phi) is 3.91. The van der Waals surface area contributed by atoms with Gasteiger partial charge >= 0.3 is 0 Å². The van der Waals surface area contributed by atoms with Crippen LogP contribution < -0.4 is 5.56 Å². The van der Waals surface area contributed by atoms with Crippen molar-refractivity contribution in [3.63, 3.8) is 0 Å². The molecule has 0 spiro atoms. The van der Waals surface area contributed by atoms with Gasteiger partial charge in [-0.15, -0.1) is 21.5 Å². The summed E-state index contributed by atoms with van der Waals surface area (Å²) in [6.07, 6.45) is 1.72. The van der Waals surface area contributed by atoms with Gasteiger partial charge in [-0.2, -0.15) is 0 Å². The van der Waals surface area contributed by atoms with E-state index in [9.17, 15) is 4.79 Å². The van der Waals surface area contributed by atoms with Gasteiger partial charge in [-0.05, 0) is 30.0 Å². The van der Waals surface area contributed by atoms with Crippen LogP contribution in [0.15, 0.2) is 56.3 Å². The van der Waals surface area contributed by atoms with E-state index in [2.05, 4.69) is 15.2 Å². The van der Waals surface area contributed by atoms with Gasteiger partial charge < -0.3 is 4.42 Å². The Morgan fingerprint density at radius 2 is 2.21 bits per heavy atom. The number of rotatable bonds is 4. The molecular formula is C16H12N4O2S2. The molecule has 0 aliphatic carbocycles. The molecule has 4 heterocycles.